The van der Waals surface area contributed by atoms with Crippen molar-refractivity contribution in [2.24, 2.45) is 5.92 Å². The lowest BCUT2D eigenvalue weighted by Crippen LogP contribution is -2.15. The lowest BCUT2D eigenvalue weighted by molar-refractivity contribution is -0.117. The van der Waals surface area contributed by atoms with Crippen molar-refractivity contribution in [2.75, 3.05) is 10.6 Å². The summed E-state index contributed by atoms with van der Waals surface area (Å²) in [5.41, 5.74) is 3.25. The molecular formula is C21H19FN4O2. The van der Waals surface area contributed by atoms with Crippen molar-refractivity contribution >= 4 is 34.2 Å². The third-order valence-electron chi connectivity index (χ3n) is 4.73. The first-order chi connectivity index (χ1) is 13.4. The average Bonchev–Trinajstić information content (AvgIpc) is 3.48. The number of rotatable bonds is 4. The average molecular weight is 378 g/mol. The van der Waals surface area contributed by atoms with Gasteiger partial charge in [-0.3, -0.25) is 9.59 Å². The van der Waals surface area contributed by atoms with Crippen LogP contribution in [-0.4, -0.2) is 21.8 Å². The van der Waals surface area contributed by atoms with Crippen LogP contribution in [0.15, 0.2) is 36.4 Å². The summed E-state index contributed by atoms with van der Waals surface area (Å²) in [6.45, 7) is 3.58. The van der Waals surface area contributed by atoms with Crippen LogP contribution in [0, 0.1) is 25.6 Å². The maximum atomic E-state index is 14.0. The number of amides is 2. The van der Waals surface area contributed by atoms with Crippen molar-refractivity contribution < 1.29 is 14.0 Å². The number of fused-ring (bicyclic) bond motifs is 1. The molecule has 1 fully saturated rings. The van der Waals surface area contributed by atoms with Crippen LogP contribution >= 0.6 is 0 Å². The zero-order valence-electron chi connectivity index (χ0n) is 15.5. The van der Waals surface area contributed by atoms with Crippen molar-refractivity contribution in [2.45, 2.75) is 26.7 Å². The lowest BCUT2D eigenvalue weighted by atomic mass is 10.1. The van der Waals surface area contributed by atoms with Gasteiger partial charge in [0, 0.05) is 23.4 Å². The van der Waals surface area contributed by atoms with E-state index in [2.05, 4.69) is 20.6 Å². The van der Waals surface area contributed by atoms with Gasteiger partial charge in [-0.05, 0) is 51.0 Å². The van der Waals surface area contributed by atoms with Gasteiger partial charge < -0.3 is 10.6 Å². The highest BCUT2D eigenvalue weighted by Crippen LogP contribution is 2.30. The largest absolute Gasteiger partial charge is 0.326 e. The summed E-state index contributed by atoms with van der Waals surface area (Å²) < 4.78 is 14.0. The number of carbonyl (C=O) groups excluding carboxylic acids is 2. The van der Waals surface area contributed by atoms with Crippen molar-refractivity contribution in [3.05, 3.63) is 59.2 Å². The first-order valence-corrected chi connectivity index (χ1v) is 9.07. The number of aryl methyl sites for hydroxylation is 2. The summed E-state index contributed by atoms with van der Waals surface area (Å²) >= 11 is 0. The number of halogens is 1. The molecule has 6 nitrogen and oxygen atoms in total. The quantitative estimate of drug-likeness (QED) is 0.719. The number of hydrogen-bond acceptors (Lipinski definition) is 4. The smallest absolute Gasteiger partial charge is 0.258 e. The van der Waals surface area contributed by atoms with Crippen LogP contribution in [0.25, 0.3) is 11.0 Å². The van der Waals surface area contributed by atoms with Crippen molar-refractivity contribution in [1.82, 2.24) is 9.97 Å². The molecule has 2 aromatic carbocycles. The van der Waals surface area contributed by atoms with Crippen LogP contribution in [0.4, 0.5) is 15.8 Å². The fourth-order valence-electron chi connectivity index (χ4n) is 2.93. The van der Waals surface area contributed by atoms with Crippen LogP contribution < -0.4 is 10.6 Å². The summed E-state index contributed by atoms with van der Waals surface area (Å²) in [7, 11) is 0. The number of nitrogens with one attached hydrogen (secondary N) is 2. The van der Waals surface area contributed by atoms with Gasteiger partial charge in [-0.25, -0.2) is 14.4 Å². The highest BCUT2D eigenvalue weighted by molar-refractivity contribution is 6.11. The topological polar surface area (TPSA) is 84.0 Å². The molecule has 3 aromatic rings. The Balaban J connectivity index is 1.62. The van der Waals surface area contributed by atoms with Crippen LogP contribution in [0.3, 0.4) is 0 Å². The van der Waals surface area contributed by atoms with E-state index < -0.39 is 11.7 Å². The van der Waals surface area contributed by atoms with E-state index >= 15 is 0 Å². The molecule has 28 heavy (non-hydrogen) atoms. The van der Waals surface area contributed by atoms with E-state index in [0.717, 1.165) is 18.9 Å². The second kappa shape index (κ2) is 6.99. The summed E-state index contributed by atoms with van der Waals surface area (Å²) in [6, 6.07) is 9.27. The van der Waals surface area contributed by atoms with Gasteiger partial charge in [0.15, 0.2) is 0 Å². The van der Waals surface area contributed by atoms with Gasteiger partial charge in [0.2, 0.25) is 5.91 Å². The highest BCUT2D eigenvalue weighted by Gasteiger charge is 2.29. The molecule has 4 rings (SSSR count). The fourth-order valence-corrected chi connectivity index (χ4v) is 2.93. The number of nitrogens with zero attached hydrogens (tertiary/aromatic N) is 2. The number of aromatic nitrogens is 2. The normalized spacial score (nSPS) is 13.4. The SMILES string of the molecule is Cc1nc2cc(F)cc(C(=O)Nc3cccc(NC(=O)C4CC4)c3)c2nc1C. The summed E-state index contributed by atoms with van der Waals surface area (Å²) in [5, 5.41) is 5.58. The van der Waals surface area contributed by atoms with Gasteiger partial charge in [-0.15, -0.1) is 0 Å². The predicted molar refractivity (Wildman–Crippen MR) is 105 cm³/mol. The molecule has 1 saturated carbocycles. The van der Waals surface area contributed by atoms with Crippen LogP contribution in [0.5, 0.6) is 0 Å². The van der Waals surface area contributed by atoms with Crippen LogP contribution in [0.1, 0.15) is 34.6 Å². The van der Waals surface area contributed by atoms with Crippen LogP contribution in [-0.2, 0) is 4.79 Å². The molecule has 0 saturated heterocycles. The van der Waals surface area contributed by atoms with E-state index in [1.54, 1.807) is 38.1 Å². The Morgan fingerprint density at radius 2 is 1.68 bits per heavy atom. The standard InChI is InChI=1S/C21H19FN4O2/c1-11-12(2)24-19-17(8-14(22)9-18(19)23-11)21(28)26-16-5-3-4-15(10-16)25-20(27)13-6-7-13/h3-5,8-10,13H,6-7H2,1-2H3,(H,25,27)(H,26,28). The van der Waals surface area contributed by atoms with E-state index in [-0.39, 0.29) is 17.4 Å². The van der Waals surface area contributed by atoms with E-state index in [1.807, 2.05) is 0 Å². The van der Waals surface area contributed by atoms with Gasteiger partial charge >= 0.3 is 0 Å². The molecule has 0 radical (unpaired) electrons. The molecule has 1 heterocycles. The minimum atomic E-state index is -0.555. The molecular weight excluding hydrogens is 359 g/mol. The Kier molecular flexibility index (Phi) is 4.50. The first kappa shape index (κ1) is 18.0. The van der Waals surface area contributed by atoms with Crippen LogP contribution in [0.2, 0.25) is 0 Å². The predicted octanol–water partition coefficient (Wildman–Crippen LogP) is 3.99. The van der Waals surface area contributed by atoms with Crippen molar-refractivity contribution in [1.29, 1.82) is 0 Å². The third-order valence-corrected chi connectivity index (χ3v) is 4.73. The number of hydrogen-bond donors (Lipinski definition) is 2. The fraction of sp³-hybridized carbons (Fsp3) is 0.238. The molecule has 7 heteroatoms. The Bertz CT molecular complexity index is 1110. The molecule has 1 aliphatic carbocycles. The zero-order valence-corrected chi connectivity index (χ0v) is 15.5. The molecule has 1 aromatic heterocycles. The lowest BCUT2D eigenvalue weighted by Gasteiger charge is -2.11. The number of anilines is 2. The van der Waals surface area contributed by atoms with Gasteiger partial charge in [-0.1, -0.05) is 6.07 Å². The molecule has 0 spiro atoms. The molecule has 0 unspecified atom stereocenters. The number of carbonyl (C=O) groups is 2. The molecule has 2 N–H and O–H groups in total. The minimum absolute atomic E-state index is 0.0132. The maximum Gasteiger partial charge on any atom is 0.258 e. The van der Waals surface area contributed by atoms with E-state index in [4.69, 9.17) is 0 Å². The summed E-state index contributed by atoms with van der Waals surface area (Å²) in [4.78, 5) is 33.5. The van der Waals surface area contributed by atoms with Gasteiger partial charge in [0.1, 0.15) is 11.3 Å². The monoisotopic (exact) mass is 378 g/mol. The van der Waals surface area contributed by atoms with E-state index in [0.29, 0.717) is 33.8 Å². The summed E-state index contributed by atoms with van der Waals surface area (Å²) in [5.74, 6) is -0.976. The zero-order chi connectivity index (χ0) is 19.8. The Morgan fingerprint density at radius 1 is 1.00 bits per heavy atom. The second-order valence-corrected chi connectivity index (χ2v) is 7.01. The van der Waals surface area contributed by atoms with Gasteiger partial charge in [-0.2, -0.15) is 0 Å². The Labute approximate surface area is 161 Å². The van der Waals surface area contributed by atoms with Gasteiger partial charge in [0.05, 0.1) is 22.5 Å². The third kappa shape index (κ3) is 3.69. The number of benzene rings is 2. The maximum absolute atomic E-state index is 14.0. The van der Waals surface area contributed by atoms with Crippen molar-refractivity contribution in [3.63, 3.8) is 0 Å². The summed E-state index contributed by atoms with van der Waals surface area (Å²) in [6.07, 6.45) is 1.82. The van der Waals surface area contributed by atoms with Gasteiger partial charge in [0.25, 0.3) is 5.91 Å². The highest BCUT2D eigenvalue weighted by atomic mass is 19.1. The minimum Gasteiger partial charge on any atom is -0.326 e. The Morgan fingerprint density at radius 3 is 2.39 bits per heavy atom. The molecule has 0 aliphatic heterocycles. The van der Waals surface area contributed by atoms with E-state index in [1.165, 1.54) is 6.07 Å². The van der Waals surface area contributed by atoms with Crippen molar-refractivity contribution in [3.8, 4) is 0 Å². The molecule has 142 valence electrons. The molecule has 2 amide bonds. The Hall–Kier alpha value is -3.35. The molecule has 0 atom stereocenters. The first-order valence-electron chi connectivity index (χ1n) is 9.07. The van der Waals surface area contributed by atoms with E-state index in [9.17, 15) is 14.0 Å². The second-order valence-electron chi connectivity index (χ2n) is 7.01. The molecule has 0 bridgehead atoms. The molecule has 1 aliphatic rings.